The van der Waals surface area contributed by atoms with E-state index in [0.29, 0.717) is 17.8 Å². The Morgan fingerprint density at radius 2 is 1.74 bits per heavy atom. The van der Waals surface area contributed by atoms with E-state index in [1.165, 1.54) is 21.3 Å². The normalized spacial score (nSPS) is 12.2. The Hall–Kier alpha value is -2.94. The highest BCUT2D eigenvalue weighted by molar-refractivity contribution is 7.92. The fraction of sp³-hybridized carbons (Fsp3) is 0.462. The van der Waals surface area contributed by atoms with Gasteiger partial charge in [0.2, 0.25) is 21.8 Å². The van der Waals surface area contributed by atoms with Crippen LogP contribution in [0.5, 0.6) is 0 Å². The van der Waals surface area contributed by atoms with Gasteiger partial charge < -0.3 is 10.2 Å². The Balaban J connectivity index is 2.18. The molecule has 2 aromatic rings. The molecule has 0 radical (unpaired) electrons. The average Bonchev–Trinajstić information content (AvgIpc) is 2.80. The van der Waals surface area contributed by atoms with Crippen LogP contribution >= 0.6 is 0 Å². The Labute approximate surface area is 208 Å². The lowest BCUT2D eigenvalue weighted by atomic mass is 10.1. The minimum atomic E-state index is -3.56. The zero-order chi connectivity index (χ0) is 26.2. The summed E-state index contributed by atoms with van der Waals surface area (Å²) in [5.41, 5.74) is 3.05. The average molecular weight is 506 g/mol. The maximum absolute atomic E-state index is 13.3. The fourth-order valence-electron chi connectivity index (χ4n) is 3.74. The summed E-state index contributed by atoms with van der Waals surface area (Å²) in [5.74, 6) is -0.925. The third kappa shape index (κ3) is 8.35. The first-order chi connectivity index (χ1) is 16.4. The molecule has 2 aromatic carbocycles. The summed E-state index contributed by atoms with van der Waals surface area (Å²) < 4.78 is 39.7. The molecule has 0 aliphatic heterocycles. The number of sulfonamides is 1. The van der Waals surface area contributed by atoms with Crippen LogP contribution in [0.2, 0.25) is 0 Å². The molecule has 0 aliphatic rings. The van der Waals surface area contributed by atoms with Crippen molar-refractivity contribution in [3.63, 3.8) is 0 Å². The highest BCUT2D eigenvalue weighted by Crippen LogP contribution is 2.24. The van der Waals surface area contributed by atoms with E-state index in [0.717, 1.165) is 23.8 Å². The van der Waals surface area contributed by atoms with E-state index in [1.807, 2.05) is 39.0 Å². The number of hydrogen-bond donors (Lipinski definition) is 1. The first-order valence-corrected chi connectivity index (χ1v) is 13.7. The Bertz CT molecular complexity index is 1120. The van der Waals surface area contributed by atoms with Gasteiger partial charge in [0.15, 0.2) is 0 Å². The van der Waals surface area contributed by atoms with E-state index < -0.39 is 16.1 Å². The second-order valence-corrected chi connectivity index (χ2v) is 10.8. The molecule has 0 fully saturated rings. The van der Waals surface area contributed by atoms with E-state index in [9.17, 15) is 22.4 Å². The minimum absolute atomic E-state index is 0.0590. The van der Waals surface area contributed by atoms with Gasteiger partial charge in [-0.15, -0.1) is 0 Å². The van der Waals surface area contributed by atoms with E-state index in [-0.39, 0.29) is 43.6 Å². The molecule has 1 atom stereocenters. The third-order valence-electron chi connectivity index (χ3n) is 5.77. The van der Waals surface area contributed by atoms with Gasteiger partial charge in [-0.1, -0.05) is 31.2 Å². The number of anilines is 1. The summed E-state index contributed by atoms with van der Waals surface area (Å²) in [5, 5.41) is 2.81. The van der Waals surface area contributed by atoms with Crippen LogP contribution < -0.4 is 9.62 Å². The van der Waals surface area contributed by atoms with E-state index in [2.05, 4.69) is 5.32 Å². The summed E-state index contributed by atoms with van der Waals surface area (Å²) in [6.45, 7) is 8.12. The number of carbonyl (C=O) groups is 2. The second kappa shape index (κ2) is 12.7. The smallest absolute Gasteiger partial charge is 0.242 e. The molecule has 0 saturated carbocycles. The van der Waals surface area contributed by atoms with Crippen molar-refractivity contribution in [2.75, 3.05) is 23.7 Å². The zero-order valence-electron chi connectivity index (χ0n) is 21.2. The molecule has 1 N–H and O–H groups in total. The number of rotatable bonds is 12. The van der Waals surface area contributed by atoms with Gasteiger partial charge in [-0.2, -0.15) is 0 Å². The second-order valence-electron chi connectivity index (χ2n) is 8.84. The van der Waals surface area contributed by atoms with Gasteiger partial charge in [0.25, 0.3) is 0 Å². The molecule has 0 spiro atoms. The summed E-state index contributed by atoms with van der Waals surface area (Å²) in [7, 11) is -3.56. The van der Waals surface area contributed by atoms with Crippen molar-refractivity contribution in [3.8, 4) is 0 Å². The van der Waals surface area contributed by atoms with Crippen molar-refractivity contribution in [1.29, 1.82) is 0 Å². The van der Waals surface area contributed by atoms with Gasteiger partial charge in [0.05, 0.1) is 11.9 Å². The van der Waals surface area contributed by atoms with Gasteiger partial charge in [-0.3, -0.25) is 13.9 Å². The molecule has 9 heteroatoms. The Morgan fingerprint density at radius 3 is 2.34 bits per heavy atom. The number of nitrogens with zero attached hydrogens (tertiary/aromatic N) is 2. The van der Waals surface area contributed by atoms with Crippen LogP contribution in [-0.4, -0.2) is 50.5 Å². The molecule has 192 valence electrons. The van der Waals surface area contributed by atoms with E-state index in [1.54, 1.807) is 19.1 Å². The lowest BCUT2D eigenvalue weighted by Gasteiger charge is -2.29. The number of nitrogens with one attached hydrogen (secondary N) is 1. The SMILES string of the molecule is CCCNC(=O)[C@@H](C)N(Cc1ccc(F)cc1)C(=O)CCCN(c1cc(C)ccc1C)S(C)(=O)=O. The molecule has 35 heavy (non-hydrogen) atoms. The van der Waals surface area contributed by atoms with Crippen molar-refractivity contribution in [2.24, 2.45) is 0 Å². The quantitative estimate of drug-likeness (QED) is 0.474. The van der Waals surface area contributed by atoms with Crippen molar-refractivity contribution < 1.29 is 22.4 Å². The van der Waals surface area contributed by atoms with Gasteiger partial charge in [0.1, 0.15) is 11.9 Å². The fourth-order valence-corrected chi connectivity index (χ4v) is 4.75. The zero-order valence-corrected chi connectivity index (χ0v) is 22.0. The molecular weight excluding hydrogens is 469 g/mol. The predicted octanol–water partition coefficient (Wildman–Crippen LogP) is 3.93. The minimum Gasteiger partial charge on any atom is -0.354 e. The number of halogens is 1. The first kappa shape index (κ1) is 28.3. The van der Waals surface area contributed by atoms with Gasteiger partial charge in [-0.25, -0.2) is 12.8 Å². The number of benzene rings is 2. The molecule has 0 heterocycles. The van der Waals surface area contributed by atoms with Crippen LogP contribution in [0.4, 0.5) is 10.1 Å². The molecule has 0 aromatic heterocycles. The summed E-state index contributed by atoms with van der Waals surface area (Å²) in [6.07, 6.45) is 2.26. The molecule has 0 aliphatic carbocycles. The highest BCUT2D eigenvalue weighted by Gasteiger charge is 2.26. The summed E-state index contributed by atoms with van der Waals surface area (Å²) in [4.78, 5) is 27.3. The summed E-state index contributed by atoms with van der Waals surface area (Å²) >= 11 is 0. The van der Waals surface area contributed by atoms with Crippen LogP contribution in [0, 0.1) is 19.7 Å². The maximum Gasteiger partial charge on any atom is 0.242 e. The van der Waals surface area contributed by atoms with Crippen LogP contribution in [0.15, 0.2) is 42.5 Å². The monoisotopic (exact) mass is 505 g/mol. The van der Waals surface area contributed by atoms with Crippen LogP contribution in [-0.2, 0) is 26.2 Å². The molecule has 7 nitrogen and oxygen atoms in total. The molecule has 0 unspecified atom stereocenters. The van der Waals surface area contributed by atoms with Crippen molar-refractivity contribution in [2.45, 2.75) is 59.5 Å². The Kier molecular flexibility index (Phi) is 10.2. The van der Waals surface area contributed by atoms with Crippen LogP contribution in [0.1, 0.15) is 49.8 Å². The van der Waals surface area contributed by atoms with E-state index in [4.69, 9.17) is 0 Å². The lowest BCUT2D eigenvalue weighted by Crippen LogP contribution is -2.47. The van der Waals surface area contributed by atoms with Gasteiger partial charge in [0, 0.05) is 26.1 Å². The van der Waals surface area contributed by atoms with Crippen LogP contribution in [0.3, 0.4) is 0 Å². The topological polar surface area (TPSA) is 86.8 Å². The Morgan fingerprint density at radius 1 is 1.09 bits per heavy atom. The standard InChI is InChI=1S/C26H36FN3O4S/c1-6-15-28-26(32)21(4)29(18-22-11-13-23(27)14-12-22)25(31)8-7-16-30(35(5,33)34)24-17-19(2)9-10-20(24)3/h9-14,17,21H,6-8,15-16,18H2,1-5H3,(H,28,32)/t21-/m1/s1. The number of aryl methyl sites for hydroxylation is 2. The highest BCUT2D eigenvalue weighted by atomic mass is 32.2. The molecule has 0 bridgehead atoms. The van der Waals surface area contributed by atoms with Gasteiger partial charge in [-0.05, 0) is 68.5 Å². The first-order valence-electron chi connectivity index (χ1n) is 11.8. The van der Waals surface area contributed by atoms with Crippen molar-refractivity contribution >= 4 is 27.5 Å². The number of hydrogen-bond acceptors (Lipinski definition) is 4. The summed E-state index contributed by atoms with van der Waals surface area (Å²) in [6, 6.07) is 10.7. The largest absolute Gasteiger partial charge is 0.354 e. The third-order valence-corrected chi connectivity index (χ3v) is 6.95. The van der Waals surface area contributed by atoms with Crippen molar-refractivity contribution in [3.05, 3.63) is 65.0 Å². The van der Waals surface area contributed by atoms with Crippen molar-refractivity contribution in [1.82, 2.24) is 10.2 Å². The molecule has 0 saturated heterocycles. The molecular formula is C26H36FN3O4S. The lowest BCUT2D eigenvalue weighted by molar-refractivity contribution is -0.140. The number of amides is 2. The molecule has 2 rings (SSSR count). The maximum atomic E-state index is 13.3. The van der Waals surface area contributed by atoms with Crippen LogP contribution in [0.25, 0.3) is 0 Å². The predicted molar refractivity (Wildman–Crippen MR) is 137 cm³/mol. The van der Waals surface area contributed by atoms with E-state index >= 15 is 0 Å². The number of carbonyl (C=O) groups excluding carboxylic acids is 2. The van der Waals surface area contributed by atoms with Gasteiger partial charge >= 0.3 is 0 Å². The molecule has 2 amide bonds.